The molecule has 2 atom stereocenters. The smallest absolute Gasteiger partial charge is 0.147 e. The minimum Gasteiger partial charge on any atom is -0.512 e. The number of anilines is 5. The molecule has 0 fully saturated rings. The quantitative estimate of drug-likeness (QED) is 0.0797. The van der Waals surface area contributed by atoms with Crippen LogP contribution >= 0.6 is 0 Å². The average Bonchev–Trinajstić information content (AvgIpc) is 3.51. The summed E-state index contributed by atoms with van der Waals surface area (Å²) in [6.07, 6.45) is 28.1. The summed E-state index contributed by atoms with van der Waals surface area (Å²) < 4.78 is 6.38. The molecule has 0 aromatic heterocycles. The van der Waals surface area contributed by atoms with Crippen LogP contribution in [0.15, 0.2) is 163 Å². The van der Waals surface area contributed by atoms with Gasteiger partial charge in [0.2, 0.25) is 0 Å². The van der Waals surface area contributed by atoms with Gasteiger partial charge in [0.15, 0.2) is 0 Å². The molecule has 1 N–H and O–H groups in total. The van der Waals surface area contributed by atoms with Crippen molar-refractivity contribution in [1.29, 1.82) is 0 Å². The van der Waals surface area contributed by atoms with Crippen LogP contribution in [-0.4, -0.2) is 18.3 Å². The van der Waals surface area contributed by atoms with E-state index in [1.54, 1.807) is 0 Å². The van der Waals surface area contributed by atoms with Crippen LogP contribution in [0.1, 0.15) is 161 Å². The molecule has 2 unspecified atom stereocenters. The fourth-order valence-corrected chi connectivity index (χ4v) is 8.96. The highest BCUT2D eigenvalue weighted by molar-refractivity contribution is 6.06. The van der Waals surface area contributed by atoms with Crippen LogP contribution in [-0.2, 0) is 12.8 Å². The van der Waals surface area contributed by atoms with Gasteiger partial charge < -0.3 is 19.6 Å². The van der Waals surface area contributed by atoms with Crippen LogP contribution < -0.4 is 14.5 Å². The minimum atomic E-state index is 0.0542. The lowest BCUT2D eigenvalue weighted by Crippen LogP contribution is -2.18. The number of aliphatic hydroxyl groups is 1. The lowest BCUT2D eigenvalue weighted by molar-refractivity contribution is 0.256. The molecule has 4 nitrogen and oxygen atoms in total. The van der Waals surface area contributed by atoms with Gasteiger partial charge in [0.1, 0.15) is 11.9 Å². The Bertz CT molecular complexity index is 2820. The van der Waals surface area contributed by atoms with Gasteiger partial charge in [-0.2, -0.15) is 0 Å². The van der Waals surface area contributed by atoms with E-state index >= 15 is 0 Å². The van der Waals surface area contributed by atoms with E-state index < -0.39 is 0 Å². The van der Waals surface area contributed by atoms with E-state index in [1.807, 2.05) is 81.4 Å². The normalized spacial score (nSPS) is 15.1. The Labute approximate surface area is 450 Å². The molecule has 0 radical (unpaired) electrons. The van der Waals surface area contributed by atoms with Gasteiger partial charge in [0, 0.05) is 53.0 Å². The fourth-order valence-electron chi connectivity index (χ4n) is 8.96. The third kappa shape index (κ3) is 16.3. The number of nitrogens with zero attached hydrogens (tertiary/aromatic N) is 2. The number of aliphatic hydroxyl groups excluding tert-OH is 1. The standard InChI is InChI=1S/C38H41NO.C22H25NO.4C2H6.C2H2/c1-6-9-14-28-20-22-34-35(23-21-29-19-18-27(5)37(28)38(29)34)39(31-16-10-13-26(4)24-31)32-17-11-15-30(25-32)33(12-7-2)36(40)8-3;1-16-9-7-13-20(15-16)23(4)21-14-8-12-19-11-6-5-10-17(2)18(3)24-22(19)21;5*1-2/h7,10-13,15-25,27,40H,6,8-9,14H2,1-5H3;5-10,12-15,18H,11H2,1-4H3;4*1-2H3;1-2H/b12-7-,36-33-;6-5-,17-10-;;;;;. The van der Waals surface area contributed by atoms with Crippen LogP contribution in [0.2, 0.25) is 0 Å². The fraction of sp³-hybridized carbons (Fsp3) is 0.343. The molecule has 4 heteroatoms. The molecule has 0 bridgehead atoms. The lowest BCUT2D eigenvalue weighted by Gasteiger charge is -2.30. The van der Waals surface area contributed by atoms with Crippen molar-refractivity contribution in [2.45, 2.75) is 155 Å². The maximum Gasteiger partial charge on any atom is 0.147 e. The molecule has 1 aliphatic carbocycles. The molecule has 0 amide bonds. The van der Waals surface area contributed by atoms with Crippen molar-refractivity contribution in [2.24, 2.45) is 0 Å². The van der Waals surface area contributed by atoms with E-state index in [-0.39, 0.29) is 6.10 Å². The van der Waals surface area contributed by atoms with Crippen LogP contribution in [0.3, 0.4) is 0 Å². The van der Waals surface area contributed by atoms with Gasteiger partial charge in [-0.15, -0.1) is 12.8 Å². The Kier molecular flexibility index (Phi) is 28.8. The second-order valence-corrected chi connectivity index (χ2v) is 17.4. The summed E-state index contributed by atoms with van der Waals surface area (Å²) in [6.45, 7) is 33.1. The predicted molar refractivity (Wildman–Crippen MR) is 332 cm³/mol. The Morgan fingerprint density at radius 3 is 1.96 bits per heavy atom. The number of hydrogen-bond acceptors (Lipinski definition) is 4. The topological polar surface area (TPSA) is 35.9 Å². The van der Waals surface area contributed by atoms with Gasteiger partial charge in [-0.25, -0.2) is 0 Å². The van der Waals surface area contributed by atoms with Crippen LogP contribution in [0.5, 0.6) is 5.75 Å². The summed E-state index contributed by atoms with van der Waals surface area (Å²) >= 11 is 0. The van der Waals surface area contributed by atoms with Gasteiger partial charge in [-0.05, 0) is 147 Å². The van der Waals surface area contributed by atoms with Crippen molar-refractivity contribution >= 4 is 50.9 Å². The number of aryl methyl sites for hydroxylation is 3. The first-order valence-electron chi connectivity index (χ1n) is 27.6. The van der Waals surface area contributed by atoms with Crippen LogP contribution in [0.4, 0.5) is 28.4 Å². The summed E-state index contributed by atoms with van der Waals surface area (Å²) in [5, 5.41) is 13.4. The van der Waals surface area contributed by atoms with Crippen molar-refractivity contribution in [1.82, 2.24) is 0 Å². The number of unbranched alkanes of at least 4 members (excludes halogenated alkanes) is 1. The number of benzene rings is 6. The summed E-state index contributed by atoms with van der Waals surface area (Å²) in [5.74, 6) is 1.77. The van der Waals surface area contributed by atoms with Gasteiger partial charge in [0.25, 0.3) is 0 Å². The maximum absolute atomic E-state index is 10.8. The lowest BCUT2D eigenvalue weighted by atomic mass is 9.82. The Hall–Kier alpha value is -6.96. The van der Waals surface area contributed by atoms with E-state index in [4.69, 9.17) is 4.74 Å². The number of terminal acetylenes is 1. The van der Waals surface area contributed by atoms with E-state index in [9.17, 15) is 5.11 Å². The van der Waals surface area contributed by atoms with Crippen molar-refractivity contribution in [3.8, 4) is 18.6 Å². The number of para-hydroxylation sites is 1. The number of rotatable bonds is 11. The zero-order chi connectivity index (χ0) is 55.3. The molecule has 1 heterocycles. The van der Waals surface area contributed by atoms with Gasteiger partial charge in [-0.3, -0.25) is 0 Å². The monoisotopic (exact) mass is 993 g/mol. The molecule has 2 aliphatic rings. The van der Waals surface area contributed by atoms with E-state index in [1.165, 1.54) is 73.9 Å². The summed E-state index contributed by atoms with van der Waals surface area (Å²) in [7, 11) is 2.10. The molecule has 74 heavy (non-hydrogen) atoms. The molecule has 394 valence electrons. The molecule has 0 spiro atoms. The van der Waals surface area contributed by atoms with Gasteiger partial charge in [-0.1, -0.05) is 192 Å². The van der Waals surface area contributed by atoms with Gasteiger partial charge in [0.05, 0.1) is 17.1 Å². The second kappa shape index (κ2) is 33.7. The maximum atomic E-state index is 10.8. The largest absolute Gasteiger partial charge is 0.512 e. The predicted octanol–water partition coefficient (Wildman–Crippen LogP) is 21.3. The molecule has 8 rings (SSSR count). The number of fused-ring (bicyclic) bond motifs is 1. The molecule has 6 aromatic rings. The summed E-state index contributed by atoms with van der Waals surface area (Å²) in [5.41, 5.74) is 16.7. The molecule has 6 aromatic carbocycles. The molecular formula is C70H92N2O2. The number of ether oxygens (including phenoxy) is 1. The zero-order valence-electron chi connectivity index (χ0n) is 48.6. The van der Waals surface area contributed by atoms with E-state index in [0.717, 1.165) is 46.8 Å². The van der Waals surface area contributed by atoms with Crippen LogP contribution in [0, 0.1) is 26.7 Å². The Morgan fingerprint density at radius 2 is 1.34 bits per heavy atom. The highest BCUT2D eigenvalue weighted by atomic mass is 16.5. The first-order valence-corrected chi connectivity index (χ1v) is 27.6. The molecule has 1 aliphatic heterocycles. The first-order chi connectivity index (χ1) is 36.0. The molecular weight excluding hydrogens is 901 g/mol. The van der Waals surface area contributed by atoms with Crippen molar-refractivity contribution < 1.29 is 9.84 Å². The minimum absolute atomic E-state index is 0.0542. The first kappa shape index (κ1) is 63.2. The second-order valence-electron chi connectivity index (χ2n) is 17.4. The van der Waals surface area contributed by atoms with Crippen molar-refractivity contribution in [3.05, 3.63) is 202 Å². The van der Waals surface area contributed by atoms with Crippen molar-refractivity contribution in [2.75, 3.05) is 16.8 Å². The third-order valence-corrected chi connectivity index (χ3v) is 12.6. The highest BCUT2D eigenvalue weighted by Gasteiger charge is 2.24. The van der Waals surface area contributed by atoms with E-state index in [2.05, 4.69) is 217 Å². The average molecular weight is 994 g/mol. The zero-order valence-corrected chi connectivity index (χ0v) is 48.6. The third-order valence-electron chi connectivity index (χ3n) is 12.6. The van der Waals surface area contributed by atoms with E-state index in [0.29, 0.717) is 18.1 Å². The summed E-state index contributed by atoms with van der Waals surface area (Å²) in [6, 6.07) is 41.5. The Morgan fingerprint density at radius 1 is 0.730 bits per heavy atom. The highest BCUT2D eigenvalue weighted by Crippen LogP contribution is 2.46. The Balaban J connectivity index is 0.000000471. The summed E-state index contributed by atoms with van der Waals surface area (Å²) in [4.78, 5) is 4.59. The SMILES string of the molecule is C#C.C/C1=C/C=C\Cc2cccc(N(C)c3cccc(C)c3)c2OC1C.C/C=C\C(=C(\O)CC)c1cccc(N(c2cccc(C)c2)c2ccc3c4c(c(CCCC)ccc24)C(C)C=C3)c1.CC.CC.CC.CC. The number of hydrogen-bond donors (Lipinski definition) is 1. The molecule has 0 saturated carbocycles. The van der Waals surface area contributed by atoms with Crippen molar-refractivity contribution in [3.63, 3.8) is 0 Å². The molecule has 0 saturated heterocycles. The van der Waals surface area contributed by atoms with Gasteiger partial charge >= 0.3 is 0 Å². The number of allylic oxidation sites excluding steroid dienone is 8. The van der Waals surface area contributed by atoms with Crippen LogP contribution in [0.25, 0.3) is 22.4 Å².